The van der Waals surface area contributed by atoms with E-state index in [0.29, 0.717) is 40.9 Å². The number of amides is 1. The van der Waals surface area contributed by atoms with E-state index in [2.05, 4.69) is 11.6 Å². The number of hydrogen-bond acceptors (Lipinski definition) is 6. The van der Waals surface area contributed by atoms with Crippen LogP contribution in [0.3, 0.4) is 0 Å². The summed E-state index contributed by atoms with van der Waals surface area (Å²) >= 11 is 5.99. The van der Waals surface area contributed by atoms with Gasteiger partial charge in [-0.3, -0.25) is 4.79 Å². The molecule has 0 spiro atoms. The van der Waals surface area contributed by atoms with Crippen LogP contribution in [0.25, 0.3) is 0 Å². The van der Waals surface area contributed by atoms with Gasteiger partial charge in [0.2, 0.25) is 5.91 Å². The van der Waals surface area contributed by atoms with Gasteiger partial charge >= 0.3 is 5.97 Å². The molecule has 1 fully saturated rings. The van der Waals surface area contributed by atoms with Crippen LogP contribution in [0.15, 0.2) is 63.9 Å². The highest BCUT2D eigenvalue weighted by atomic mass is 35.5. The normalized spacial score (nSPS) is 21.4. The van der Waals surface area contributed by atoms with Gasteiger partial charge in [0.05, 0.1) is 25.3 Å². The van der Waals surface area contributed by atoms with Gasteiger partial charge in [0, 0.05) is 36.4 Å². The smallest absolute Gasteiger partial charge is 0.336 e. The van der Waals surface area contributed by atoms with Crippen molar-refractivity contribution in [2.24, 2.45) is 10.9 Å². The highest BCUT2D eigenvalue weighted by Crippen LogP contribution is 2.35. The SMILES string of the molecule is C=C(/C=N\C(Cl)=C/C)[C@@H]1CC(=O)N(C[C@H]2CCCO2)C(C)=C1C(=O)OCc1ccccc1OC. The van der Waals surface area contributed by atoms with Crippen LogP contribution >= 0.6 is 11.6 Å². The van der Waals surface area contributed by atoms with Crippen LogP contribution in [0.1, 0.15) is 38.7 Å². The second kappa shape index (κ2) is 12.0. The quantitative estimate of drug-likeness (QED) is 0.285. The number of benzene rings is 1. The number of nitrogens with zero attached hydrogens (tertiary/aromatic N) is 2. The summed E-state index contributed by atoms with van der Waals surface area (Å²) in [5, 5.41) is 0.296. The first kappa shape index (κ1) is 25.7. The molecule has 8 heteroatoms. The van der Waals surface area contributed by atoms with Crippen LogP contribution < -0.4 is 4.74 Å². The van der Waals surface area contributed by atoms with Gasteiger partial charge in [0.25, 0.3) is 0 Å². The van der Waals surface area contributed by atoms with E-state index in [1.54, 1.807) is 31.9 Å². The number of aliphatic imine (C=N–C) groups is 1. The minimum atomic E-state index is -0.566. The molecule has 0 unspecified atom stereocenters. The Morgan fingerprint density at radius 3 is 2.82 bits per heavy atom. The zero-order chi connectivity index (χ0) is 24.7. The van der Waals surface area contributed by atoms with Gasteiger partial charge in [-0.15, -0.1) is 0 Å². The highest BCUT2D eigenvalue weighted by molar-refractivity contribution is 6.29. The molecule has 0 aromatic heterocycles. The van der Waals surface area contributed by atoms with Crippen molar-refractivity contribution in [1.82, 2.24) is 4.90 Å². The number of ether oxygens (including phenoxy) is 3. The van der Waals surface area contributed by atoms with Crippen molar-refractivity contribution in [1.29, 1.82) is 0 Å². The predicted molar refractivity (Wildman–Crippen MR) is 132 cm³/mol. The van der Waals surface area contributed by atoms with Crippen molar-refractivity contribution in [2.45, 2.75) is 45.8 Å². The number of allylic oxidation sites excluding steroid dienone is 3. The lowest BCUT2D eigenvalue weighted by Crippen LogP contribution is -2.43. The fraction of sp³-hybridized carbons (Fsp3) is 0.423. The number of para-hydroxylation sites is 1. The molecule has 3 rings (SSSR count). The van der Waals surface area contributed by atoms with E-state index in [9.17, 15) is 9.59 Å². The van der Waals surface area contributed by atoms with Gasteiger partial charge in [-0.05, 0) is 38.3 Å². The first-order valence-electron chi connectivity index (χ1n) is 11.3. The molecule has 1 aromatic rings. The van der Waals surface area contributed by atoms with E-state index in [-0.39, 0.29) is 25.0 Å². The average Bonchev–Trinajstić information content (AvgIpc) is 3.36. The molecule has 7 nitrogen and oxygen atoms in total. The van der Waals surface area contributed by atoms with Crippen LogP contribution in [0, 0.1) is 5.92 Å². The lowest BCUT2D eigenvalue weighted by molar-refractivity contribution is -0.142. The van der Waals surface area contributed by atoms with E-state index in [1.165, 1.54) is 6.21 Å². The fourth-order valence-corrected chi connectivity index (χ4v) is 4.21. The minimum absolute atomic E-state index is 0.0387. The van der Waals surface area contributed by atoms with Gasteiger partial charge < -0.3 is 19.1 Å². The molecule has 2 heterocycles. The van der Waals surface area contributed by atoms with Crippen LogP contribution in [-0.4, -0.2) is 49.4 Å². The molecule has 0 saturated carbocycles. The maximum Gasteiger partial charge on any atom is 0.336 e. The summed E-state index contributed by atoms with van der Waals surface area (Å²) in [6.45, 7) is 8.73. The Hall–Kier alpha value is -2.90. The number of carbonyl (C=O) groups excluding carboxylic acids is 2. The van der Waals surface area contributed by atoms with Crippen molar-refractivity contribution < 1.29 is 23.8 Å². The molecular formula is C26H31ClN2O5. The maximum atomic E-state index is 13.4. The van der Waals surface area contributed by atoms with E-state index in [4.69, 9.17) is 25.8 Å². The Bertz CT molecular complexity index is 1020. The molecular weight excluding hydrogens is 456 g/mol. The Balaban J connectivity index is 1.89. The zero-order valence-electron chi connectivity index (χ0n) is 19.9. The highest BCUT2D eigenvalue weighted by Gasteiger charge is 2.38. The minimum Gasteiger partial charge on any atom is -0.496 e. The Kier molecular flexibility index (Phi) is 9.07. The summed E-state index contributed by atoms with van der Waals surface area (Å²) < 4.78 is 16.8. The summed E-state index contributed by atoms with van der Waals surface area (Å²) in [5.74, 6) is -0.534. The lowest BCUT2D eigenvalue weighted by atomic mass is 9.84. The number of carbonyl (C=O) groups is 2. The molecule has 2 aliphatic heterocycles. The van der Waals surface area contributed by atoms with E-state index < -0.39 is 11.9 Å². The van der Waals surface area contributed by atoms with E-state index >= 15 is 0 Å². The third kappa shape index (κ3) is 6.15. The summed E-state index contributed by atoms with van der Waals surface area (Å²) in [6, 6.07) is 7.35. The molecule has 34 heavy (non-hydrogen) atoms. The van der Waals surface area contributed by atoms with Crippen LogP contribution in [0.4, 0.5) is 0 Å². The molecule has 2 atom stereocenters. The number of halogens is 1. The topological polar surface area (TPSA) is 77.4 Å². The second-order valence-electron chi connectivity index (χ2n) is 8.23. The van der Waals surface area contributed by atoms with Gasteiger partial charge in [0.15, 0.2) is 0 Å². The molecule has 0 radical (unpaired) electrons. The van der Waals surface area contributed by atoms with Gasteiger partial charge in [-0.1, -0.05) is 42.5 Å². The lowest BCUT2D eigenvalue weighted by Gasteiger charge is -2.35. The average molecular weight is 487 g/mol. The number of esters is 1. The fourth-order valence-electron chi connectivity index (χ4n) is 4.16. The Morgan fingerprint density at radius 2 is 2.15 bits per heavy atom. The summed E-state index contributed by atoms with van der Waals surface area (Å²) in [6.07, 6.45) is 5.03. The van der Waals surface area contributed by atoms with Crippen molar-refractivity contribution in [3.05, 3.63) is 64.5 Å². The van der Waals surface area contributed by atoms with Crippen molar-refractivity contribution in [3.63, 3.8) is 0 Å². The number of methoxy groups -OCH3 is 1. The van der Waals surface area contributed by atoms with Crippen LogP contribution in [0.5, 0.6) is 5.75 Å². The molecule has 1 amide bonds. The molecule has 2 aliphatic rings. The molecule has 0 N–H and O–H groups in total. The monoisotopic (exact) mass is 486 g/mol. The standard InChI is InChI=1S/C26H31ClN2O5/c1-5-23(27)28-14-17(2)21-13-24(30)29(15-20-10-8-12-33-20)18(3)25(21)26(31)34-16-19-9-6-7-11-22(19)32-4/h5-7,9,11,14,20-21H,2,8,10,12-13,15-16H2,1,3-4H3/b23-5-,28-14-/t20-,21+/m1/s1. The summed E-state index contributed by atoms with van der Waals surface area (Å²) in [4.78, 5) is 32.2. The van der Waals surface area contributed by atoms with Crippen molar-refractivity contribution >= 4 is 29.7 Å². The third-order valence-corrected chi connectivity index (χ3v) is 6.36. The first-order chi connectivity index (χ1) is 16.3. The zero-order valence-corrected chi connectivity index (χ0v) is 20.6. The number of rotatable bonds is 9. The van der Waals surface area contributed by atoms with E-state index in [0.717, 1.165) is 18.4 Å². The number of hydrogen-bond donors (Lipinski definition) is 0. The first-order valence-corrected chi connectivity index (χ1v) is 11.7. The summed E-state index contributed by atoms with van der Waals surface area (Å²) in [7, 11) is 1.57. The molecule has 1 aromatic carbocycles. The van der Waals surface area contributed by atoms with E-state index in [1.807, 2.05) is 24.3 Å². The van der Waals surface area contributed by atoms with Crippen LogP contribution in [0.2, 0.25) is 0 Å². The summed E-state index contributed by atoms with van der Waals surface area (Å²) in [5.41, 5.74) is 2.19. The van der Waals surface area contributed by atoms with Gasteiger partial charge in [0.1, 0.15) is 17.5 Å². The third-order valence-electron chi connectivity index (χ3n) is 6.04. The largest absolute Gasteiger partial charge is 0.496 e. The van der Waals surface area contributed by atoms with Crippen molar-refractivity contribution in [2.75, 3.05) is 20.3 Å². The van der Waals surface area contributed by atoms with Gasteiger partial charge in [-0.2, -0.15) is 0 Å². The molecule has 182 valence electrons. The molecule has 1 saturated heterocycles. The van der Waals surface area contributed by atoms with Crippen LogP contribution in [-0.2, 0) is 25.7 Å². The predicted octanol–water partition coefficient (Wildman–Crippen LogP) is 4.77. The Labute approximate surface area is 205 Å². The Morgan fingerprint density at radius 1 is 1.38 bits per heavy atom. The molecule has 0 aliphatic carbocycles. The maximum absolute atomic E-state index is 13.4. The second-order valence-corrected chi connectivity index (χ2v) is 8.61. The molecule has 0 bridgehead atoms. The van der Waals surface area contributed by atoms with Crippen molar-refractivity contribution in [3.8, 4) is 5.75 Å². The van der Waals surface area contributed by atoms with Gasteiger partial charge in [-0.25, -0.2) is 9.79 Å².